The van der Waals surface area contributed by atoms with Crippen molar-refractivity contribution >= 4 is 18.0 Å². The number of pyridine rings is 1. The van der Waals surface area contributed by atoms with Gasteiger partial charge in [-0.3, -0.25) is 9.78 Å². The maximum atomic E-state index is 11.8. The maximum Gasteiger partial charge on any atom is 0.408 e. The molecule has 0 radical (unpaired) electrons. The molecule has 1 aromatic rings. The number of unbranched alkanes of at least 4 members (excludes halogenated alkanes) is 1. The number of carboxylic acid groups (broad SMARTS) is 1. The molecule has 8 nitrogen and oxygen atoms in total. The van der Waals surface area contributed by atoms with E-state index in [0.29, 0.717) is 24.9 Å². The molecule has 0 saturated carbocycles. The number of ether oxygens (including phenoxy) is 1. The Morgan fingerprint density at radius 2 is 2.00 bits per heavy atom. The largest absolute Gasteiger partial charge is 0.480 e. The van der Waals surface area contributed by atoms with E-state index < -0.39 is 23.7 Å². The zero-order chi connectivity index (χ0) is 18.9. The molecule has 0 spiro atoms. The van der Waals surface area contributed by atoms with Crippen LogP contribution in [0.3, 0.4) is 0 Å². The van der Waals surface area contributed by atoms with E-state index in [0.717, 1.165) is 0 Å². The Hall–Kier alpha value is -2.64. The van der Waals surface area contributed by atoms with Crippen LogP contribution in [-0.2, 0) is 9.53 Å². The van der Waals surface area contributed by atoms with E-state index in [1.165, 1.54) is 6.20 Å². The molecular weight excluding hydrogens is 326 g/mol. The standard InChI is InChI=1S/C17H25N3O5/c1-17(2,3)25-16(24)20-13(15(22)23)8-4-5-10-19-14(21)12-7-6-9-18-11-12/h6-7,9,11,13H,4-5,8,10H2,1-3H3,(H,19,21)(H,20,24)(H,22,23)/t13-/m1/s1. The molecule has 0 aliphatic carbocycles. The Balaban J connectivity index is 2.30. The van der Waals surface area contributed by atoms with Crippen LogP contribution in [-0.4, -0.2) is 46.2 Å². The summed E-state index contributed by atoms with van der Waals surface area (Å²) in [7, 11) is 0. The molecule has 8 heteroatoms. The first-order chi connectivity index (χ1) is 11.7. The van der Waals surface area contributed by atoms with Crippen LogP contribution in [0.5, 0.6) is 0 Å². The van der Waals surface area contributed by atoms with Crippen LogP contribution in [0.15, 0.2) is 24.5 Å². The minimum atomic E-state index is -1.12. The average molecular weight is 351 g/mol. The summed E-state index contributed by atoms with van der Waals surface area (Å²) in [5.41, 5.74) is -0.221. The number of aromatic nitrogens is 1. The zero-order valence-corrected chi connectivity index (χ0v) is 14.7. The van der Waals surface area contributed by atoms with E-state index in [4.69, 9.17) is 9.84 Å². The fourth-order valence-electron chi connectivity index (χ4n) is 1.98. The first-order valence-electron chi connectivity index (χ1n) is 8.09. The van der Waals surface area contributed by atoms with Crippen LogP contribution in [0.25, 0.3) is 0 Å². The third-order valence-corrected chi connectivity index (χ3v) is 3.12. The fraction of sp³-hybridized carbons (Fsp3) is 0.529. The van der Waals surface area contributed by atoms with Gasteiger partial charge in [0.25, 0.3) is 5.91 Å². The first-order valence-corrected chi connectivity index (χ1v) is 8.09. The minimum Gasteiger partial charge on any atom is -0.480 e. The number of nitrogens with zero attached hydrogens (tertiary/aromatic N) is 1. The van der Waals surface area contributed by atoms with Crippen molar-refractivity contribution in [3.05, 3.63) is 30.1 Å². The lowest BCUT2D eigenvalue weighted by molar-refractivity contribution is -0.139. The van der Waals surface area contributed by atoms with Crippen LogP contribution < -0.4 is 10.6 Å². The Morgan fingerprint density at radius 1 is 1.28 bits per heavy atom. The van der Waals surface area contributed by atoms with E-state index in [1.54, 1.807) is 39.1 Å². The molecule has 0 bridgehead atoms. The maximum absolute atomic E-state index is 11.8. The number of aliphatic carboxylic acids is 1. The molecule has 2 amide bonds. The van der Waals surface area contributed by atoms with Crippen LogP contribution in [0.1, 0.15) is 50.4 Å². The Bertz CT molecular complexity index is 584. The van der Waals surface area contributed by atoms with Crippen LogP contribution in [0, 0.1) is 0 Å². The highest BCUT2D eigenvalue weighted by molar-refractivity contribution is 5.93. The molecule has 0 saturated heterocycles. The Morgan fingerprint density at radius 3 is 2.56 bits per heavy atom. The van der Waals surface area contributed by atoms with Crippen molar-refractivity contribution in [2.75, 3.05) is 6.54 Å². The summed E-state index contributed by atoms with van der Waals surface area (Å²) in [6, 6.07) is 2.31. The Labute approximate surface area is 147 Å². The smallest absolute Gasteiger partial charge is 0.408 e. The van der Waals surface area contributed by atoms with E-state index >= 15 is 0 Å². The molecule has 1 heterocycles. The highest BCUT2D eigenvalue weighted by Crippen LogP contribution is 2.08. The van der Waals surface area contributed by atoms with Crippen molar-refractivity contribution in [1.82, 2.24) is 15.6 Å². The number of rotatable bonds is 8. The number of amides is 2. The van der Waals surface area contributed by atoms with E-state index in [1.807, 2.05) is 0 Å². The predicted octanol–water partition coefficient (Wildman–Crippen LogP) is 1.96. The summed E-state index contributed by atoms with van der Waals surface area (Å²) < 4.78 is 5.05. The Kier molecular flexibility index (Phi) is 7.84. The first kappa shape index (κ1) is 20.4. The molecule has 3 N–H and O–H groups in total. The van der Waals surface area contributed by atoms with Crippen molar-refractivity contribution in [2.24, 2.45) is 0 Å². The van der Waals surface area contributed by atoms with Crippen molar-refractivity contribution < 1.29 is 24.2 Å². The molecule has 0 unspecified atom stereocenters. The summed E-state index contributed by atoms with van der Waals surface area (Å²) in [4.78, 5) is 38.5. The molecular formula is C17H25N3O5. The average Bonchev–Trinajstić information content (AvgIpc) is 2.52. The summed E-state index contributed by atoms with van der Waals surface area (Å²) in [5, 5.41) is 14.2. The van der Waals surface area contributed by atoms with Crippen LogP contribution >= 0.6 is 0 Å². The molecule has 25 heavy (non-hydrogen) atoms. The van der Waals surface area contributed by atoms with Gasteiger partial charge in [0, 0.05) is 18.9 Å². The van der Waals surface area contributed by atoms with Gasteiger partial charge in [0.15, 0.2) is 0 Å². The third kappa shape index (κ3) is 8.69. The van der Waals surface area contributed by atoms with Gasteiger partial charge in [-0.2, -0.15) is 0 Å². The molecule has 0 aromatic carbocycles. The van der Waals surface area contributed by atoms with Gasteiger partial charge in [0.2, 0.25) is 0 Å². The lowest BCUT2D eigenvalue weighted by atomic mass is 10.1. The molecule has 138 valence electrons. The quantitative estimate of drug-likeness (QED) is 0.616. The van der Waals surface area contributed by atoms with E-state index in [-0.39, 0.29) is 12.3 Å². The van der Waals surface area contributed by atoms with E-state index in [2.05, 4.69) is 15.6 Å². The predicted molar refractivity (Wildman–Crippen MR) is 91.2 cm³/mol. The number of carbonyl (C=O) groups is 3. The number of alkyl carbamates (subject to hydrolysis) is 1. The second kappa shape index (κ2) is 9.61. The van der Waals surface area contributed by atoms with Gasteiger partial charge in [-0.05, 0) is 52.2 Å². The monoisotopic (exact) mass is 351 g/mol. The fourth-order valence-corrected chi connectivity index (χ4v) is 1.98. The normalized spacial score (nSPS) is 12.1. The number of nitrogens with one attached hydrogen (secondary N) is 2. The summed E-state index contributed by atoms with van der Waals surface area (Å²) in [6.07, 6.45) is 3.66. The van der Waals surface area contributed by atoms with Gasteiger partial charge in [0.1, 0.15) is 11.6 Å². The highest BCUT2D eigenvalue weighted by atomic mass is 16.6. The van der Waals surface area contributed by atoms with Gasteiger partial charge < -0.3 is 20.5 Å². The van der Waals surface area contributed by atoms with Crippen molar-refractivity contribution in [3.8, 4) is 0 Å². The SMILES string of the molecule is CC(C)(C)OC(=O)N[C@H](CCCCNC(=O)c1cccnc1)C(=O)O. The van der Waals surface area contributed by atoms with Gasteiger partial charge in [-0.1, -0.05) is 0 Å². The number of carboxylic acids is 1. The molecule has 1 rings (SSSR count). The van der Waals surface area contributed by atoms with Crippen molar-refractivity contribution in [3.63, 3.8) is 0 Å². The number of carbonyl (C=O) groups excluding carboxylic acids is 2. The second-order valence-corrected chi connectivity index (χ2v) is 6.53. The van der Waals surface area contributed by atoms with Crippen molar-refractivity contribution in [1.29, 1.82) is 0 Å². The van der Waals surface area contributed by atoms with E-state index in [9.17, 15) is 14.4 Å². The van der Waals surface area contributed by atoms with Gasteiger partial charge in [0.05, 0.1) is 5.56 Å². The van der Waals surface area contributed by atoms with Gasteiger partial charge >= 0.3 is 12.1 Å². The van der Waals surface area contributed by atoms with Crippen molar-refractivity contribution in [2.45, 2.75) is 51.7 Å². The molecule has 0 aliphatic rings. The lowest BCUT2D eigenvalue weighted by Crippen LogP contribution is -2.43. The highest BCUT2D eigenvalue weighted by Gasteiger charge is 2.23. The lowest BCUT2D eigenvalue weighted by Gasteiger charge is -2.22. The molecule has 1 atom stereocenters. The zero-order valence-electron chi connectivity index (χ0n) is 14.7. The van der Waals surface area contributed by atoms with Crippen LogP contribution in [0.2, 0.25) is 0 Å². The molecule has 0 fully saturated rings. The third-order valence-electron chi connectivity index (χ3n) is 3.12. The van der Waals surface area contributed by atoms with Crippen LogP contribution in [0.4, 0.5) is 4.79 Å². The molecule has 1 aromatic heterocycles. The summed E-state index contributed by atoms with van der Waals surface area (Å²) >= 11 is 0. The summed E-state index contributed by atoms with van der Waals surface area (Å²) in [6.45, 7) is 5.51. The minimum absolute atomic E-state index is 0.227. The second-order valence-electron chi connectivity index (χ2n) is 6.53. The van der Waals surface area contributed by atoms with Gasteiger partial charge in [-0.15, -0.1) is 0 Å². The molecule has 0 aliphatic heterocycles. The number of hydrogen-bond acceptors (Lipinski definition) is 5. The summed E-state index contributed by atoms with van der Waals surface area (Å²) in [5.74, 6) is -1.35. The van der Waals surface area contributed by atoms with Gasteiger partial charge in [-0.25, -0.2) is 9.59 Å². The number of hydrogen-bond donors (Lipinski definition) is 3. The topological polar surface area (TPSA) is 118 Å².